The maximum absolute atomic E-state index is 6.01. The van der Waals surface area contributed by atoms with E-state index in [1.165, 1.54) is 5.56 Å². The minimum atomic E-state index is 0.565. The zero-order chi connectivity index (χ0) is 14.7. The van der Waals surface area contributed by atoms with Crippen molar-refractivity contribution >= 4 is 17.0 Å². The monoisotopic (exact) mass is 281 g/mol. The van der Waals surface area contributed by atoms with Gasteiger partial charge in [-0.2, -0.15) is 0 Å². The van der Waals surface area contributed by atoms with Crippen LogP contribution in [0.3, 0.4) is 0 Å². The SMILES string of the molecule is Cc1ccc2c(c1)nc(N)n2CCCOc1ccccc1. The van der Waals surface area contributed by atoms with E-state index in [-0.39, 0.29) is 0 Å². The Morgan fingerprint density at radius 3 is 2.76 bits per heavy atom. The number of aromatic nitrogens is 2. The van der Waals surface area contributed by atoms with E-state index in [9.17, 15) is 0 Å². The summed E-state index contributed by atoms with van der Waals surface area (Å²) in [6.07, 6.45) is 0.887. The number of anilines is 1. The first-order valence-corrected chi connectivity index (χ1v) is 7.14. The Morgan fingerprint density at radius 2 is 1.95 bits per heavy atom. The number of benzene rings is 2. The molecular weight excluding hydrogens is 262 g/mol. The van der Waals surface area contributed by atoms with Gasteiger partial charge in [-0.15, -0.1) is 0 Å². The van der Waals surface area contributed by atoms with Gasteiger partial charge in [0.2, 0.25) is 5.95 Å². The fourth-order valence-corrected chi connectivity index (χ4v) is 2.42. The minimum Gasteiger partial charge on any atom is -0.494 e. The third kappa shape index (κ3) is 2.99. The molecule has 0 aliphatic rings. The van der Waals surface area contributed by atoms with Crippen LogP contribution in [0.5, 0.6) is 5.75 Å². The Labute approximate surface area is 124 Å². The molecule has 0 aliphatic heterocycles. The van der Waals surface area contributed by atoms with Crippen molar-refractivity contribution < 1.29 is 4.74 Å². The molecular formula is C17H19N3O. The lowest BCUT2D eigenvalue weighted by molar-refractivity contribution is 0.303. The third-order valence-corrected chi connectivity index (χ3v) is 3.47. The van der Waals surface area contributed by atoms with Crippen molar-refractivity contribution in [3.63, 3.8) is 0 Å². The van der Waals surface area contributed by atoms with Gasteiger partial charge in [0.25, 0.3) is 0 Å². The van der Waals surface area contributed by atoms with Crippen molar-refractivity contribution in [1.82, 2.24) is 9.55 Å². The van der Waals surface area contributed by atoms with Crippen molar-refractivity contribution in [2.75, 3.05) is 12.3 Å². The van der Waals surface area contributed by atoms with Crippen LogP contribution in [0.4, 0.5) is 5.95 Å². The summed E-state index contributed by atoms with van der Waals surface area (Å²) in [6.45, 7) is 3.52. The molecule has 4 nitrogen and oxygen atoms in total. The fourth-order valence-electron chi connectivity index (χ4n) is 2.42. The first-order chi connectivity index (χ1) is 10.2. The molecule has 0 amide bonds. The quantitative estimate of drug-likeness (QED) is 0.729. The molecule has 0 aliphatic carbocycles. The van der Waals surface area contributed by atoms with Gasteiger partial charge in [-0.1, -0.05) is 24.3 Å². The zero-order valence-corrected chi connectivity index (χ0v) is 12.1. The molecule has 21 heavy (non-hydrogen) atoms. The van der Waals surface area contributed by atoms with E-state index in [0.717, 1.165) is 29.7 Å². The highest BCUT2D eigenvalue weighted by molar-refractivity contribution is 5.79. The molecule has 3 rings (SSSR count). The summed E-state index contributed by atoms with van der Waals surface area (Å²) >= 11 is 0. The van der Waals surface area contributed by atoms with Crippen molar-refractivity contribution in [1.29, 1.82) is 0 Å². The van der Waals surface area contributed by atoms with E-state index in [1.807, 2.05) is 34.9 Å². The number of nitrogen functional groups attached to an aromatic ring is 1. The topological polar surface area (TPSA) is 53.1 Å². The van der Waals surface area contributed by atoms with Crippen molar-refractivity contribution in [3.05, 3.63) is 54.1 Å². The summed E-state index contributed by atoms with van der Waals surface area (Å²) in [5, 5.41) is 0. The largest absolute Gasteiger partial charge is 0.494 e. The predicted octanol–water partition coefficient (Wildman–Crippen LogP) is 3.40. The molecule has 0 saturated heterocycles. The number of fused-ring (bicyclic) bond motifs is 1. The van der Waals surface area contributed by atoms with Crippen LogP contribution in [-0.4, -0.2) is 16.2 Å². The molecule has 1 aromatic heterocycles. The Bertz CT molecular complexity index is 734. The highest BCUT2D eigenvalue weighted by Crippen LogP contribution is 2.19. The Hall–Kier alpha value is -2.49. The number of nitrogens with zero attached hydrogens (tertiary/aromatic N) is 2. The van der Waals surface area contributed by atoms with Crippen LogP contribution in [0.15, 0.2) is 48.5 Å². The molecule has 0 saturated carbocycles. The minimum absolute atomic E-state index is 0.565. The summed E-state index contributed by atoms with van der Waals surface area (Å²) < 4.78 is 7.75. The van der Waals surface area contributed by atoms with Gasteiger partial charge >= 0.3 is 0 Å². The second-order valence-electron chi connectivity index (χ2n) is 5.13. The van der Waals surface area contributed by atoms with Crippen LogP contribution >= 0.6 is 0 Å². The molecule has 0 fully saturated rings. The van der Waals surface area contributed by atoms with Crippen LogP contribution < -0.4 is 10.5 Å². The number of para-hydroxylation sites is 1. The van der Waals surface area contributed by atoms with Crippen molar-refractivity contribution in [2.45, 2.75) is 19.9 Å². The molecule has 0 radical (unpaired) electrons. The summed E-state index contributed by atoms with van der Waals surface area (Å²) in [5.74, 6) is 1.46. The molecule has 108 valence electrons. The predicted molar refractivity (Wildman–Crippen MR) is 85.4 cm³/mol. The van der Waals surface area contributed by atoms with Gasteiger partial charge in [0.15, 0.2) is 0 Å². The van der Waals surface area contributed by atoms with Gasteiger partial charge < -0.3 is 15.0 Å². The number of ether oxygens (including phenoxy) is 1. The normalized spacial score (nSPS) is 10.9. The maximum atomic E-state index is 6.01. The second kappa shape index (κ2) is 5.87. The fraction of sp³-hybridized carbons (Fsp3) is 0.235. The van der Waals surface area contributed by atoms with E-state index < -0.39 is 0 Å². The number of aryl methyl sites for hydroxylation is 2. The van der Waals surface area contributed by atoms with Gasteiger partial charge in [0.1, 0.15) is 5.75 Å². The van der Waals surface area contributed by atoms with Crippen molar-refractivity contribution in [2.24, 2.45) is 0 Å². The lowest BCUT2D eigenvalue weighted by Crippen LogP contribution is -2.07. The molecule has 0 bridgehead atoms. The van der Waals surface area contributed by atoms with E-state index in [0.29, 0.717) is 12.6 Å². The van der Waals surface area contributed by atoms with E-state index in [2.05, 4.69) is 30.1 Å². The Balaban J connectivity index is 1.64. The summed E-state index contributed by atoms with van der Waals surface area (Å²) in [6, 6.07) is 16.1. The number of imidazole rings is 1. The third-order valence-electron chi connectivity index (χ3n) is 3.47. The molecule has 2 N–H and O–H groups in total. The van der Waals surface area contributed by atoms with Gasteiger partial charge in [0, 0.05) is 6.54 Å². The Kier molecular flexibility index (Phi) is 3.77. The Morgan fingerprint density at radius 1 is 1.14 bits per heavy atom. The van der Waals surface area contributed by atoms with E-state index >= 15 is 0 Å². The molecule has 0 unspecified atom stereocenters. The highest BCUT2D eigenvalue weighted by atomic mass is 16.5. The van der Waals surface area contributed by atoms with Gasteiger partial charge in [-0.3, -0.25) is 0 Å². The second-order valence-corrected chi connectivity index (χ2v) is 5.13. The molecule has 1 heterocycles. The van der Waals surface area contributed by atoms with Crippen LogP contribution in [0.25, 0.3) is 11.0 Å². The van der Waals surface area contributed by atoms with Gasteiger partial charge in [-0.25, -0.2) is 4.98 Å². The number of hydrogen-bond donors (Lipinski definition) is 1. The average molecular weight is 281 g/mol. The lowest BCUT2D eigenvalue weighted by atomic mass is 10.2. The van der Waals surface area contributed by atoms with Gasteiger partial charge in [0.05, 0.1) is 17.6 Å². The van der Waals surface area contributed by atoms with Crippen molar-refractivity contribution in [3.8, 4) is 5.75 Å². The van der Waals surface area contributed by atoms with Crippen LogP contribution in [-0.2, 0) is 6.54 Å². The molecule has 2 aromatic carbocycles. The first-order valence-electron chi connectivity index (χ1n) is 7.14. The zero-order valence-electron chi connectivity index (χ0n) is 12.1. The first kappa shape index (κ1) is 13.5. The van der Waals surface area contributed by atoms with E-state index in [4.69, 9.17) is 10.5 Å². The standard InChI is InChI=1S/C17H19N3O/c1-13-8-9-16-15(12-13)19-17(18)20(16)10-5-11-21-14-6-3-2-4-7-14/h2-4,6-9,12H,5,10-11H2,1H3,(H2,18,19). The number of hydrogen-bond acceptors (Lipinski definition) is 3. The smallest absolute Gasteiger partial charge is 0.201 e. The van der Waals surface area contributed by atoms with Crippen LogP contribution in [0.2, 0.25) is 0 Å². The molecule has 0 atom stereocenters. The highest BCUT2D eigenvalue weighted by Gasteiger charge is 2.07. The summed E-state index contributed by atoms with van der Waals surface area (Å²) in [7, 11) is 0. The molecule has 4 heteroatoms. The molecule has 0 spiro atoms. The summed E-state index contributed by atoms with van der Waals surface area (Å²) in [4.78, 5) is 4.41. The summed E-state index contributed by atoms with van der Waals surface area (Å²) in [5.41, 5.74) is 9.24. The number of rotatable bonds is 5. The molecule has 3 aromatic rings. The maximum Gasteiger partial charge on any atom is 0.201 e. The van der Waals surface area contributed by atoms with Crippen LogP contribution in [0, 0.1) is 6.92 Å². The van der Waals surface area contributed by atoms with Gasteiger partial charge in [-0.05, 0) is 43.2 Å². The average Bonchev–Trinajstić information content (AvgIpc) is 2.79. The lowest BCUT2D eigenvalue weighted by Gasteiger charge is -2.08. The number of nitrogens with two attached hydrogens (primary N) is 1. The van der Waals surface area contributed by atoms with E-state index in [1.54, 1.807) is 0 Å². The van der Waals surface area contributed by atoms with Crippen LogP contribution in [0.1, 0.15) is 12.0 Å².